The van der Waals surface area contributed by atoms with Crippen LogP contribution in [0.4, 0.5) is 0 Å². The monoisotopic (exact) mass is 544 g/mol. The van der Waals surface area contributed by atoms with E-state index in [1.807, 2.05) is 5.92 Å². The molecule has 3 heterocycles. The maximum Gasteiger partial charge on any atom is 0.490 e. The molecule has 1 fully saturated rings. The van der Waals surface area contributed by atoms with Crippen molar-refractivity contribution >= 4 is 34.6 Å². The fraction of sp³-hybridized carbons (Fsp3) is 0.500. The zero-order valence-corrected chi connectivity index (χ0v) is 19.9. The summed E-state index contributed by atoms with van der Waals surface area (Å²) < 4.78 is 53.1. The molecule has 2 aromatic rings. The summed E-state index contributed by atoms with van der Waals surface area (Å²) in [5, 5.41) is 21.6. The lowest BCUT2D eigenvalue weighted by atomic mass is 9.93. The van der Waals surface area contributed by atoms with Crippen molar-refractivity contribution in [3.63, 3.8) is 0 Å². The highest BCUT2D eigenvalue weighted by Gasteiger charge is 2.58. The first-order valence-corrected chi connectivity index (χ1v) is 13.5. The molecule has 0 amide bonds. The van der Waals surface area contributed by atoms with Gasteiger partial charge in [-0.1, -0.05) is 5.92 Å². The van der Waals surface area contributed by atoms with Gasteiger partial charge in [-0.3, -0.25) is 9.09 Å². The quantitative estimate of drug-likeness (QED) is 0.181. The molecule has 0 saturated carbocycles. The first-order chi connectivity index (χ1) is 15.5. The normalized spacial score (nSPS) is 29.9. The summed E-state index contributed by atoms with van der Waals surface area (Å²) in [6, 6.07) is 0. The number of aromatic nitrogens is 4. The van der Waals surface area contributed by atoms with Gasteiger partial charge in [-0.15, -0.1) is 6.42 Å². The van der Waals surface area contributed by atoms with E-state index in [1.165, 1.54) is 17.1 Å². The van der Waals surface area contributed by atoms with E-state index in [9.17, 15) is 33.7 Å². The van der Waals surface area contributed by atoms with E-state index >= 15 is 0 Å². The molecule has 1 saturated heterocycles. The molecule has 0 radical (unpaired) electrons. The number of hydrogen-bond donors (Lipinski definition) is 6. The van der Waals surface area contributed by atoms with E-state index in [0.717, 1.165) is 6.92 Å². The second kappa shape index (κ2) is 9.12. The van der Waals surface area contributed by atoms with Gasteiger partial charge in [-0.05, 0) is 13.8 Å². The van der Waals surface area contributed by atoms with Gasteiger partial charge in [0.2, 0.25) is 0 Å². The average Bonchev–Trinajstić information content (AvgIpc) is 3.17. The molecule has 1 aliphatic heterocycles. The van der Waals surface area contributed by atoms with Crippen molar-refractivity contribution in [2.75, 3.05) is 0 Å². The molecule has 6 N–H and O–H groups in total. The Kier molecular flexibility index (Phi) is 7.24. The number of hydrogen-bond acceptors (Lipinski definition) is 12. The number of aliphatic hydroxyl groups excluding tert-OH is 1. The van der Waals surface area contributed by atoms with Crippen LogP contribution in [0.1, 0.15) is 19.0 Å². The van der Waals surface area contributed by atoms with E-state index in [-0.39, 0.29) is 5.65 Å². The van der Waals surface area contributed by atoms with Crippen LogP contribution in [-0.4, -0.2) is 73.2 Å². The maximum atomic E-state index is 12.1. The van der Waals surface area contributed by atoms with Gasteiger partial charge in [0, 0.05) is 0 Å². The molecule has 20 heteroatoms. The highest BCUT2D eigenvalue weighted by Crippen LogP contribution is 2.66. The zero-order valence-electron chi connectivity index (χ0n) is 17.2. The number of phosphoric ester groups is 1. The van der Waals surface area contributed by atoms with Crippen molar-refractivity contribution in [2.24, 2.45) is 0 Å². The zero-order chi connectivity index (χ0) is 25.7. The highest BCUT2D eigenvalue weighted by molar-refractivity contribution is 7.66. The van der Waals surface area contributed by atoms with Crippen LogP contribution in [-0.2, 0) is 31.6 Å². The number of aliphatic hydroxyl groups is 2. The SMILES string of the molecule is C#CC1(O)[C@@H](O)[C@@H]([C@@H](C)OP(=O)(O)OP(=O)(O)OP(=O)(O)O)O[C@H]1n1cnc2cnc(C)nc21. The minimum atomic E-state index is -5.77. The van der Waals surface area contributed by atoms with Crippen LogP contribution in [0.3, 0.4) is 0 Å². The Hall–Kier alpha value is -1.60. The summed E-state index contributed by atoms with van der Waals surface area (Å²) in [6.45, 7) is 2.64. The summed E-state index contributed by atoms with van der Waals surface area (Å²) in [4.78, 5) is 48.4. The summed E-state index contributed by atoms with van der Waals surface area (Å²) in [7, 11) is -16.9. The van der Waals surface area contributed by atoms with Crippen molar-refractivity contribution in [1.82, 2.24) is 19.5 Å². The van der Waals surface area contributed by atoms with Gasteiger partial charge < -0.3 is 34.5 Å². The van der Waals surface area contributed by atoms with Crippen molar-refractivity contribution in [3.8, 4) is 12.3 Å². The standard InChI is InChI=1S/C14H19N4O13P3/c1-4-14(20)11(19)10(7(2)29-33(24,25)31-34(26,27)30-32(21,22)23)28-13(14)18-6-16-9-5-15-8(3)17-12(9)18/h1,5-7,10-11,13,19-20H,2-3H3,(H,24,25)(H,26,27)(H2,21,22,23)/t7-,10-,11+,13-,14?/m1/s1. The predicted molar refractivity (Wildman–Crippen MR) is 108 cm³/mol. The Labute approximate surface area is 190 Å². The van der Waals surface area contributed by atoms with Crippen LogP contribution in [0.2, 0.25) is 0 Å². The maximum absolute atomic E-state index is 12.1. The molecule has 0 spiro atoms. The number of rotatable bonds is 8. The van der Waals surface area contributed by atoms with Crippen LogP contribution in [0, 0.1) is 19.3 Å². The van der Waals surface area contributed by atoms with Gasteiger partial charge in [-0.2, -0.15) is 8.62 Å². The third kappa shape index (κ3) is 5.62. The minimum absolute atomic E-state index is 0.180. The molecule has 0 bridgehead atoms. The highest BCUT2D eigenvalue weighted by atomic mass is 31.3. The average molecular weight is 544 g/mol. The first kappa shape index (κ1) is 27.0. The summed E-state index contributed by atoms with van der Waals surface area (Å²) in [6.07, 6.45) is 1.27. The summed E-state index contributed by atoms with van der Waals surface area (Å²) in [5.74, 6) is 2.34. The first-order valence-electron chi connectivity index (χ1n) is 9.00. The second-order valence-electron chi connectivity index (χ2n) is 7.05. The van der Waals surface area contributed by atoms with E-state index in [0.29, 0.717) is 11.3 Å². The minimum Gasteiger partial charge on any atom is -0.386 e. The van der Waals surface area contributed by atoms with Gasteiger partial charge in [0.05, 0.1) is 18.6 Å². The lowest BCUT2D eigenvalue weighted by Gasteiger charge is -2.27. The molecule has 7 atom stereocenters. The summed E-state index contributed by atoms with van der Waals surface area (Å²) >= 11 is 0. The number of fused-ring (bicyclic) bond motifs is 1. The van der Waals surface area contributed by atoms with Gasteiger partial charge in [0.15, 0.2) is 17.5 Å². The fourth-order valence-corrected chi connectivity index (χ4v) is 6.38. The smallest absolute Gasteiger partial charge is 0.386 e. The van der Waals surface area contributed by atoms with Crippen LogP contribution in [0.5, 0.6) is 0 Å². The van der Waals surface area contributed by atoms with Gasteiger partial charge >= 0.3 is 23.5 Å². The Balaban J connectivity index is 1.85. The number of aryl methyl sites for hydroxylation is 1. The molecule has 188 valence electrons. The van der Waals surface area contributed by atoms with Crippen molar-refractivity contribution < 1.29 is 61.4 Å². The van der Waals surface area contributed by atoms with Crippen molar-refractivity contribution in [1.29, 1.82) is 0 Å². The molecule has 2 aromatic heterocycles. The number of imidazole rings is 1. The number of phosphoric acid groups is 3. The van der Waals surface area contributed by atoms with Gasteiger partial charge in [-0.25, -0.2) is 28.6 Å². The van der Waals surface area contributed by atoms with E-state index in [2.05, 4.69) is 28.1 Å². The Morgan fingerprint density at radius 3 is 2.44 bits per heavy atom. The third-order valence-corrected chi connectivity index (χ3v) is 8.45. The Morgan fingerprint density at radius 1 is 1.21 bits per heavy atom. The topological polar surface area (TPSA) is 253 Å². The molecule has 3 unspecified atom stereocenters. The third-order valence-electron chi connectivity index (χ3n) is 4.52. The molecular weight excluding hydrogens is 525 g/mol. The van der Waals surface area contributed by atoms with E-state index in [1.54, 1.807) is 6.92 Å². The van der Waals surface area contributed by atoms with Crippen LogP contribution in [0.25, 0.3) is 11.2 Å². The molecule has 34 heavy (non-hydrogen) atoms. The van der Waals surface area contributed by atoms with Crippen molar-refractivity contribution in [2.45, 2.75) is 44.0 Å². The van der Waals surface area contributed by atoms with Gasteiger partial charge in [0.1, 0.15) is 23.5 Å². The van der Waals surface area contributed by atoms with E-state index < -0.39 is 53.6 Å². The fourth-order valence-electron chi connectivity index (χ4n) is 3.18. The summed E-state index contributed by atoms with van der Waals surface area (Å²) in [5.41, 5.74) is -1.95. The largest absolute Gasteiger partial charge is 0.490 e. The van der Waals surface area contributed by atoms with Crippen LogP contribution >= 0.6 is 23.5 Å². The Bertz CT molecular complexity index is 1270. The number of nitrogens with zero attached hydrogens (tertiary/aromatic N) is 4. The number of terminal acetylenes is 1. The Morgan fingerprint density at radius 2 is 1.85 bits per heavy atom. The van der Waals surface area contributed by atoms with Crippen molar-refractivity contribution in [3.05, 3.63) is 18.3 Å². The lowest BCUT2D eigenvalue weighted by Crippen LogP contribution is -2.47. The molecule has 1 aliphatic rings. The molecule has 17 nitrogen and oxygen atoms in total. The molecule has 0 aliphatic carbocycles. The van der Waals surface area contributed by atoms with Crippen LogP contribution in [0.15, 0.2) is 12.5 Å². The van der Waals surface area contributed by atoms with E-state index in [4.69, 9.17) is 20.9 Å². The number of ether oxygens (including phenoxy) is 1. The lowest BCUT2D eigenvalue weighted by molar-refractivity contribution is -0.0831. The predicted octanol–water partition coefficient (Wildman–Crippen LogP) is -0.511. The molecule has 3 rings (SSSR count). The van der Waals surface area contributed by atoms with Gasteiger partial charge in [0.25, 0.3) is 0 Å². The molecule has 0 aromatic carbocycles. The molecular formula is C14H19N4O13P3. The van der Waals surface area contributed by atoms with Crippen LogP contribution < -0.4 is 0 Å². The second-order valence-corrected chi connectivity index (χ2v) is 11.4.